The van der Waals surface area contributed by atoms with Crippen molar-refractivity contribution in [3.63, 3.8) is 0 Å². The van der Waals surface area contributed by atoms with E-state index in [0.717, 1.165) is 16.3 Å². The summed E-state index contributed by atoms with van der Waals surface area (Å²) in [5.41, 5.74) is 5.27. The molecular weight excluding hydrogens is 404 g/mol. The van der Waals surface area contributed by atoms with Gasteiger partial charge in [0, 0.05) is 24.0 Å². The summed E-state index contributed by atoms with van der Waals surface area (Å²) in [6.45, 7) is 1.57. The summed E-state index contributed by atoms with van der Waals surface area (Å²) in [6.07, 6.45) is 0.190. The summed E-state index contributed by atoms with van der Waals surface area (Å²) in [7, 11) is 1.25. The zero-order valence-electron chi connectivity index (χ0n) is 15.5. The second-order valence-electron chi connectivity index (χ2n) is 6.22. The summed E-state index contributed by atoms with van der Waals surface area (Å²) in [4.78, 5) is 57.7. The third-order valence-corrected chi connectivity index (χ3v) is 5.07. The van der Waals surface area contributed by atoms with E-state index in [9.17, 15) is 24.3 Å². The Hall–Kier alpha value is -3.32. The van der Waals surface area contributed by atoms with E-state index >= 15 is 0 Å². The molecule has 0 aromatic carbocycles. The Morgan fingerprint density at radius 1 is 1.45 bits per heavy atom. The summed E-state index contributed by atoms with van der Waals surface area (Å²) in [5.74, 6) is -3.20. The third-order valence-electron chi connectivity index (χ3n) is 4.40. The molecule has 13 heteroatoms. The molecule has 0 saturated carbocycles. The number of oxime groups is 1. The predicted octanol–water partition coefficient (Wildman–Crippen LogP) is -1.05. The van der Waals surface area contributed by atoms with E-state index < -0.39 is 29.6 Å². The van der Waals surface area contributed by atoms with Crippen molar-refractivity contribution in [3.8, 4) is 0 Å². The maximum Gasteiger partial charge on any atom is 0.354 e. The molecule has 2 aliphatic rings. The number of hydrogen-bond donors (Lipinski definition) is 3. The molecule has 12 nitrogen and oxygen atoms in total. The smallest absolute Gasteiger partial charge is 0.354 e. The third kappa shape index (κ3) is 3.82. The van der Waals surface area contributed by atoms with E-state index in [4.69, 9.17) is 5.73 Å². The van der Waals surface area contributed by atoms with Crippen molar-refractivity contribution < 1.29 is 29.1 Å². The van der Waals surface area contributed by atoms with Gasteiger partial charge in [-0.2, -0.15) is 0 Å². The zero-order valence-corrected chi connectivity index (χ0v) is 16.4. The van der Waals surface area contributed by atoms with Gasteiger partial charge in [0.25, 0.3) is 11.8 Å². The molecule has 0 spiro atoms. The van der Waals surface area contributed by atoms with Crippen molar-refractivity contribution >= 4 is 45.7 Å². The number of nitrogens with two attached hydrogens (primary N) is 1. The zero-order chi connectivity index (χ0) is 21.3. The molecule has 1 fully saturated rings. The van der Waals surface area contributed by atoms with Gasteiger partial charge < -0.3 is 21.0 Å². The first-order chi connectivity index (χ1) is 13.7. The lowest BCUT2D eigenvalue weighted by atomic mass is 10.0. The van der Waals surface area contributed by atoms with Crippen LogP contribution in [0.4, 0.5) is 5.13 Å². The van der Waals surface area contributed by atoms with Gasteiger partial charge in [0.15, 0.2) is 22.3 Å². The number of carboxylic acids is 1. The van der Waals surface area contributed by atoms with Gasteiger partial charge in [0.2, 0.25) is 0 Å². The van der Waals surface area contributed by atoms with Gasteiger partial charge in [-0.1, -0.05) is 5.16 Å². The normalized spacial score (nSPS) is 19.9. The van der Waals surface area contributed by atoms with Crippen molar-refractivity contribution in [2.45, 2.75) is 19.4 Å². The van der Waals surface area contributed by atoms with E-state index in [1.807, 2.05) is 0 Å². The molecule has 3 heterocycles. The number of anilines is 1. The van der Waals surface area contributed by atoms with E-state index in [0.29, 0.717) is 0 Å². The molecule has 0 bridgehead atoms. The highest BCUT2D eigenvalue weighted by Gasteiger charge is 2.46. The number of rotatable bonds is 6. The van der Waals surface area contributed by atoms with Crippen LogP contribution in [-0.4, -0.2) is 75.6 Å². The molecular formula is C16H18N6O6S. The standard InChI is InChI=1S/C16H18N6O6S/c1-7(23)8-3-4-21-5-9(14(25)22(21)12(8)15(26)27)18-13(24)11(20-28-2)10-6-29-16(17)19-10/h6,9H,3-5H2,1-2H3,(H2,17,19)(H,18,24)(H,26,27)/b20-11-/t9-/m1/s1. The van der Waals surface area contributed by atoms with Gasteiger partial charge in [-0.05, 0) is 13.3 Å². The first-order valence-corrected chi connectivity index (χ1v) is 9.32. The Bertz CT molecular complexity index is 953. The van der Waals surface area contributed by atoms with E-state index in [1.165, 1.54) is 24.4 Å². The van der Waals surface area contributed by atoms with Gasteiger partial charge in [-0.15, -0.1) is 11.3 Å². The van der Waals surface area contributed by atoms with Crippen LogP contribution >= 0.6 is 11.3 Å². The number of Topliss-reactive ketones (excluding diaryl/α,β-unsaturated/α-hetero) is 1. The van der Waals surface area contributed by atoms with Crippen molar-refractivity contribution in [1.29, 1.82) is 0 Å². The lowest BCUT2D eigenvalue weighted by molar-refractivity contribution is -0.146. The summed E-state index contributed by atoms with van der Waals surface area (Å²) in [5, 5.41) is 19.9. The average molecular weight is 422 g/mol. The molecule has 1 aromatic rings. The molecule has 1 aromatic heterocycles. The van der Waals surface area contributed by atoms with Gasteiger partial charge in [0.1, 0.15) is 18.8 Å². The highest BCUT2D eigenvalue weighted by Crippen LogP contribution is 2.29. The van der Waals surface area contributed by atoms with Gasteiger partial charge in [0.05, 0.1) is 0 Å². The number of amides is 2. The number of aromatic nitrogens is 1. The molecule has 3 rings (SSSR count). The number of thiazole rings is 1. The molecule has 29 heavy (non-hydrogen) atoms. The fourth-order valence-electron chi connectivity index (χ4n) is 3.18. The molecule has 2 amide bonds. The summed E-state index contributed by atoms with van der Waals surface area (Å²) < 4.78 is 0. The maximum absolute atomic E-state index is 12.8. The minimum atomic E-state index is -1.39. The van der Waals surface area contributed by atoms with Crippen LogP contribution in [-0.2, 0) is 24.0 Å². The number of nitrogen functional groups attached to an aromatic ring is 1. The predicted molar refractivity (Wildman–Crippen MR) is 100 cm³/mol. The number of fused-ring (bicyclic) bond motifs is 1. The number of hydrazine groups is 1. The van der Waals surface area contributed by atoms with Crippen molar-refractivity contribution in [1.82, 2.24) is 20.3 Å². The largest absolute Gasteiger partial charge is 0.477 e. The van der Waals surface area contributed by atoms with E-state index in [1.54, 1.807) is 0 Å². The number of nitrogens with one attached hydrogen (secondary N) is 1. The highest BCUT2D eigenvalue weighted by atomic mass is 32.1. The van der Waals surface area contributed by atoms with Gasteiger partial charge in [-0.25, -0.2) is 19.8 Å². The van der Waals surface area contributed by atoms with Crippen LogP contribution < -0.4 is 11.1 Å². The Balaban J connectivity index is 1.84. The SMILES string of the molecule is CO/N=C(\C(=O)N[C@@H]1CN2CCC(C(C)=O)=C(C(=O)O)N2C1=O)c1csc(N)n1. The number of carbonyl (C=O) groups is 4. The fourth-order valence-corrected chi connectivity index (χ4v) is 3.72. The minimum Gasteiger partial charge on any atom is -0.477 e. The second kappa shape index (κ2) is 7.97. The fraction of sp³-hybridized carbons (Fsp3) is 0.375. The lowest BCUT2D eigenvalue weighted by Crippen LogP contribution is -2.47. The Morgan fingerprint density at radius 3 is 2.72 bits per heavy atom. The quantitative estimate of drug-likeness (QED) is 0.383. The number of ketones is 1. The van der Waals surface area contributed by atoms with E-state index in [2.05, 4.69) is 20.3 Å². The molecule has 1 atom stereocenters. The van der Waals surface area contributed by atoms with Crippen LogP contribution in [0.2, 0.25) is 0 Å². The Kier molecular flexibility index (Phi) is 5.61. The first-order valence-electron chi connectivity index (χ1n) is 8.44. The van der Waals surface area contributed by atoms with E-state index in [-0.39, 0.29) is 47.3 Å². The van der Waals surface area contributed by atoms with Crippen molar-refractivity contribution in [2.24, 2.45) is 5.16 Å². The van der Waals surface area contributed by atoms with Crippen LogP contribution in [0.5, 0.6) is 0 Å². The molecule has 0 radical (unpaired) electrons. The maximum atomic E-state index is 12.8. The highest BCUT2D eigenvalue weighted by molar-refractivity contribution is 7.13. The van der Waals surface area contributed by atoms with Crippen LogP contribution in [0.25, 0.3) is 0 Å². The summed E-state index contributed by atoms with van der Waals surface area (Å²) >= 11 is 1.11. The lowest BCUT2D eigenvalue weighted by Gasteiger charge is -2.33. The van der Waals surface area contributed by atoms with Crippen molar-refractivity contribution in [3.05, 3.63) is 22.3 Å². The molecule has 4 N–H and O–H groups in total. The van der Waals surface area contributed by atoms with Crippen LogP contribution in [0, 0.1) is 0 Å². The number of carboxylic acid groups (broad SMARTS) is 1. The first kappa shape index (κ1) is 20.4. The molecule has 0 unspecified atom stereocenters. The molecule has 2 aliphatic heterocycles. The molecule has 0 aliphatic carbocycles. The van der Waals surface area contributed by atoms with Gasteiger partial charge in [-0.3, -0.25) is 14.4 Å². The Morgan fingerprint density at radius 2 is 2.17 bits per heavy atom. The topological polar surface area (TPSA) is 168 Å². The van der Waals surface area contributed by atoms with Crippen LogP contribution in [0.15, 0.2) is 21.8 Å². The number of hydrogen-bond acceptors (Lipinski definition) is 10. The molecule has 154 valence electrons. The average Bonchev–Trinajstić information content (AvgIpc) is 3.22. The van der Waals surface area contributed by atoms with Crippen LogP contribution in [0.1, 0.15) is 19.0 Å². The number of aliphatic carboxylic acids is 1. The van der Waals surface area contributed by atoms with Crippen molar-refractivity contribution in [2.75, 3.05) is 25.9 Å². The molecule has 1 saturated heterocycles. The number of nitrogens with zero attached hydrogens (tertiary/aromatic N) is 4. The second-order valence-corrected chi connectivity index (χ2v) is 7.11. The Labute approximate surface area is 168 Å². The van der Waals surface area contributed by atoms with Gasteiger partial charge >= 0.3 is 5.97 Å². The monoisotopic (exact) mass is 422 g/mol. The minimum absolute atomic E-state index is 0.0476. The van der Waals surface area contributed by atoms with Crippen LogP contribution in [0.3, 0.4) is 0 Å². The number of carbonyl (C=O) groups excluding carboxylic acids is 3. The summed E-state index contributed by atoms with van der Waals surface area (Å²) in [6, 6.07) is -1.04.